The summed E-state index contributed by atoms with van der Waals surface area (Å²) in [4.78, 5) is 50.0. The summed E-state index contributed by atoms with van der Waals surface area (Å²) in [6.45, 7) is 1.02. The molecule has 162 valence electrons. The maximum absolute atomic E-state index is 12.4. The van der Waals surface area contributed by atoms with Crippen molar-refractivity contribution in [2.75, 3.05) is 31.7 Å². The van der Waals surface area contributed by atoms with Crippen molar-refractivity contribution in [2.24, 2.45) is 5.92 Å². The number of non-ortho nitro benzene ring substituents is 1. The van der Waals surface area contributed by atoms with Gasteiger partial charge in [-0.2, -0.15) is 0 Å². The first-order valence-corrected chi connectivity index (χ1v) is 9.89. The van der Waals surface area contributed by atoms with E-state index >= 15 is 0 Å². The van der Waals surface area contributed by atoms with Gasteiger partial charge in [0.15, 0.2) is 13.2 Å². The van der Waals surface area contributed by atoms with E-state index < -0.39 is 30.0 Å². The highest BCUT2D eigenvalue weighted by molar-refractivity contribution is 6.01. The quantitative estimate of drug-likeness (QED) is 0.392. The SMILES string of the molecule is CC1CCC(N(C)C(=O)COC(=O)CN2C(=O)COc3ccc([N+](=O)[O-])cc32)CC1. The molecule has 10 nitrogen and oxygen atoms in total. The first-order chi connectivity index (χ1) is 14.3. The van der Waals surface area contributed by atoms with Crippen molar-refractivity contribution in [1.82, 2.24) is 4.90 Å². The van der Waals surface area contributed by atoms with E-state index in [-0.39, 0.29) is 35.7 Å². The van der Waals surface area contributed by atoms with E-state index in [0.717, 1.165) is 30.6 Å². The summed E-state index contributed by atoms with van der Waals surface area (Å²) in [7, 11) is 1.71. The predicted octanol–water partition coefficient (Wildman–Crippen LogP) is 1.90. The highest BCUT2D eigenvalue weighted by Crippen LogP contribution is 2.35. The molecule has 0 atom stereocenters. The molecule has 1 aliphatic carbocycles. The maximum Gasteiger partial charge on any atom is 0.326 e. The Morgan fingerprint density at radius 1 is 1.30 bits per heavy atom. The highest BCUT2D eigenvalue weighted by atomic mass is 16.6. The van der Waals surface area contributed by atoms with Crippen LogP contribution in [0.1, 0.15) is 32.6 Å². The largest absolute Gasteiger partial charge is 0.482 e. The Balaban J connectivity index is 1.58. The van der Waals surface area contributed by atoms with Crippen molar-refractivity contribution in [3.05, 3.63) is 28.3 Å². The highest BCUT2D eigenvalue weighted by Gasteiger charge is 2.30. The molecule has 0 aromatic heterocycles. The summed E-state index contributed by atoms with van der Waals surface area (Å²) in [5, 5.41) is 11.0. The van der Waals surface area contributed by atoms with Gasteiger partial charge in [0.25, 0.3) is 17.5 Å². The molecule has 30 heavy (non-hydrogen) atoms. The van der Waals surface area contributed by atoms with E-state index in [0.29, 0.717) is 5.92 Å². The number of carbonyl (C=O) groups is 3. The lowest BCUT2D eigenvalue weighted by atomic mass is 9.87. The first-order valence-electron chi connectivity index (χ1n) is 9.89. The molecule has 1 fully saturated rings. The van der Waals surface area contributed by atoms with E-state index in [2.05, 4.69) is 6.92 Å². The topological polar surface area (TPSA) is 119 Å². The van der Waals surface area contributed by atoms with Gasteiger partial charge >= 0.3 is 5.97 Å². The van der Waals surface area contributed by atoms with Gasteiger partial charge < -0.3 is 14.4 Å². The molecule has 0 N–H and O–H groups in total. The third kappa shape index (κ3) is 4.87. The molecule has 1 aromatic rings. The van der Waals surface area contributed by atoms with Crippen LogP contribution in [0.15, 0.2) is 18.2 Å². The van der Waals surface area contributed by atoms with Crippen molar-refractivity contribution in [2.45, 2.75) is 38.6 Å². The van der Waals surface area contributed by atoms with E-state index in [1.165, 1.54) is 18.2 Å². The van der Waals surface area contributed by atoms with Crippen LogP contribution in [0, 0.1) is 16.0 Å². The second kappa shape index (κ2) is 9.10. The Hall–Kier alpha value is -3.17. The van der Waals surface area contributed by atoms with Crippen LogP contribution in [0.5, 0.6) is 5.75 Å². The number of esters is 1. The number of anilines is 1. The van der Waals surface area contributed by atoms with E-state index in [1.54, 1.807) is 11.9 Å². The summed E-state index contributed by atoms with van der Waals surface area (Å²) in [6, 6.07) is 3.94. The number of ether oxygens (including phenoxy) is 2. The lowest BCUT2D eigenvalue weighted by molar-refractivity contribution is -0.384. The van der Waals surface area contributed by atoms with Crippen LogP contribution in [0.3, 0.4) is 0 Å². The molecule has 10 heteroatoms. The van der Waals surface area contributed by atoms with Gasteiger partial charge in [0.1, 0.15) is 12.3 Å². The van der Waals surface area contributed by atoms with Gasteiger partial charge in [-0.05, 0) is 37.7 Å². The molecular weight excluding hydrogens is 394 g/mol. The van der Waals surface area contributed by atoms with Crippen LogP contribution >= 0.6 is 0 Å². The van der Waals surface area contributed by atoms with Crippen LogP contribution in [0.25, 0.3) is 0 Å². The fourth-order valence-corrected chi connectivity index (χ4v) is 3.73. The zero-order chi connectivity index (χ0) is 21.8. The smallest absolute Gasteiger partial charge is 0.326 e. The van der Waals surface area contributed by atoms with Crippen molar-refractivity contribution in [3.63, 3.8) is 0 Å². The minimum Gasteiger partial charge on any atom is -0.482 e. The standard InChI is InChI=1S/C20H25N3O7/c1-13-3-5-14(6-4-13)21(2)18(24)11-30-20(26)10-22-16-9-15(23(27)28)7-8-17(16)29-12-19(22)25/h7-9,13-14H,3-6,10-12H2,1-2H3. The third-order valence-corrected chi connectivity index (χ3v) is 5.67. The number of fused-ring (bicyclic) bond motifs is 1. The monoisotopic (exact) mass is 419 g/mol. The van der Waals surface area contributed by atoms with Crippen molar-refractivity contribution >= 4 is 29.2 Å². The van der Waals surface area contributed by atoms with Crippen LogP contribution in [-0.4, -0.2) is 60.5 Å². The zero-order valence-corrected chi connectivity index (χ0v) is 17.0. The Labute approximate surface area is 173 Å². The number of carbonyl (C=O) groups excluding carboxylic acids is 3. The predicted molar refractivity (Wildman–Crippen MR) is 106 cm³/mol. The Morgan fingerprint density at radius 2 is 2.00 bits per heavy atom. The summed E-state index contributed by atoms with van der Waals surface area (Å²) < 4.78 is 10.3. The molecule has 0 bridgehead atoms. The normalized spacial score (nSPS) is 20.7. The lowest BCUT2D eigenvalue weighted by Crippen LogP contribution is -2.44. The fraction of sp³-hybridized carbons (Fsp3) is 0.550. The molecule has 1 aromatic carbocycles. The third-order valence-electron chi connectivity index (χ3n) is 5.67. The van der Waals surface area contributed by atoms with Gasteiger partial charge in [-0.1, -0.05) is 6.92 Å². The van der Waals surface area contributed by atoms with Crippen LogP contribution in [0.4, 0.5) is 11.4 Å². The number of nitro benzene ring substituents is 1. The molecule has 3 rings (SSSR count). The van der Waals surface area contributed by atoms with Crippen molar-refractivity contribution in [3.8, 4) is 5.75 Å². The minimum absolute atomic E-state index is 0.122. The van der Waals surface area contributed by atoms with E-state index in [9.17, 15) is 24.5 Å². The average Bonchev–Trinajstić information content (AvgIpc) is 2.73. The Morgan fingerprint density at radius 3 is 2.67 bits per heavy atom. The Bertz CT molecular complexity index is 849. The number of rotatable bonds is 6. The molecule has 0 unspecified atom stereocenters. The molecule has 0 saturated heterocycles. The lowest BCUT2D eigenvalue weighted by Gasteiger charge is -2.33. The minimum atomic E-state index is -0.776. The fourth-order valence-electron chi connectivity index (χ4n) is 3.73. The molecule has 1 heterocycles. The molecule has 0 spiro atoms. The summed E-state index contributed by atoms with van der Waals surface area (Å²) in [5.74, 6) is -0.684. The zero-order valence-electron chi connectivity index (χ0n) is 17.0. The maximum atomic E-state index is 12.4. The van der Waals surface area contributed by atoms with Crippen LogP contribution < -0.4 is 9.64 Å². The summed E-state index contributed by atoms with van der Waals surface area (Å²) in [6.07, 6.45) is 3.98. The summed E-state index contributed by atoms with van der Waals surface area (Å²) >= 11 is 0. The average molecular weight is 419 g/mol. The van der Waals surface area contributed by atoms with Crippen LogP contribution in [-0.2, 0) is 19.1 Å². The van der Waals surface area contributed by atoms with Crippen molar-refractivity contribution < 1.29 is 28.8 Å². The van der Waals surface area contributed by atoms with Crippen molar-refractivity contribution in [1.29, 1.82) is 0 Å². The van der Waals surface area contributed by atoms with Gasteiger partial charge in [-0.3, -0.25) is 29.4 Å². The number of hydrogen-bond acceptors (Lipinski definition) is 7. The van der Waals surface area contributed by atoms with E-state index in [4.69, 9.17) is 9.47 Å². The number of amides is 2. The second-order valence-corrected chi connectivity index (χ2v) is 7.76. The molecule has 1 saturated carbocycles. The second-order valence-electron chi connectivity index (χ2n) is 7.76. The van der Waals surface area contributed by atoms with Gasteiger partial charge in [0.2, 0.25) is 0 Å². The molecule has 2 aliphatic rings. The van der Waals surface area contributed by atoms with Gasteiger partial charge in [-0.25, -0.2) is 0 Å². The summed E-state index contributed by atoms with van der Waals surface area (Å²) in [5.41, 5.74) is -0.110. The number of nitrogens with zero attached hydrogens (tertiary/aromatic N) is 3. The van der Waals surface area contributed by atoms with Gasteiger partial charge in [-0.15, -0.1) is 0 Å². The molecular formula is C20H25N3O7. The number of hydrogen-bond donors (Lipinski definition) is 0. The van der Waals surface area contributed by atoms with Gasteiger partial charge in [0.05, 0.1) is 10.6 Å². The van der Waals surface area contributed by atoms with E-state index in [1.807, 2.05) is 0 Å². The number of likely N-dealkylation sites (N-methyl/N-ethyl adjacent to an activating group) is 1. The number of benzene rings is 1. The molecule has 0 radical (unpaired) electrons. The van der Waals surface area contributed by atoms with Gasteiger partial charge in [0, 0.05) is 25.2 Å². The first kappa shape index (κ1) is 21.5. The molecule has 2 amide bonds. The molecule has 1 aliphatic heterocycles. The Kier molecular flexibility index (Phi) is 6.53. The number of nitro groups is 1. The van der Waals surface area contributed by atoms with Crippen LogP contribution in [0.2, 0.25) is 0 Å².